The second-order valence-corrected chi connectivity index (χ2v) is 5.09. The fraction of sp³-hybridized carbons (Fsp3) is 0.125. The monoisotopic (exact) mass is 297 g/mol. The smallest absolute Gasteiger partial charge is 0.192 e. The van der Waals surface area contributed by atoms with Crippen LogP contribution in [-0.4, -0.2) is 14.8 Å². The molecular formula is C16H15N3OS. The molecule has 0 aliphatic heterocycles. The highest BCUT2D eigenvalue weighted by molar-refractivity contribution is 7.80. The zero-order valence-corrected chi connectivity index (χ0v) is 12.5. The first-order chi connectivity index (χ1) is 10.2. The second kappa shape index (κ2) is 6.01. The molecule has 0 spiro atoms. The summed E-state index contributed by atoms with van der Waals surface area (Å²) in [4.78, 5) is 0. The summed E-state index contributed by atoms with van der Waals surface area (Å²) in [6.45, 7) is 2.37. The largest absolute Gasteiger partial charge is 0.486 e. The molecule has 0 fully saturated rings. The molecule has 2 aromatic carbocycles. The van der Waals surface area contributed by atoms with E-state index in [1.807, 2.05) is 66.1 Å². The number of nitrogens with zero attached hydrogens (tertiary/aromatic N) is 3. The Morgan fingerprint density at radius 3 is 2.62 bits per heavy atom. The van der Waals surface area contributed by atoms with Crippen molar-refractivity contribution in [2.24, 2.45) is 0 Å². The quantitative estimate of drug-likeness (QED) is 0.750. The van der Waals surface area contributed by atoms with Crippen LogP contribution in [0.1, 0.15) is 11.4 Å². The van der Waals surface area contributed by atoms with Gasteiger partial charge in [-0.1, -0.05) is 30.3 Å². The second-order valence-electron chi connectivity index (χ2n) is 4.69. The molecule has 0 radical (unpaired) electrons. The summed E-state index contributed by atoms with van der Waals surface area (Å²) in [6.07, 6.45) is 0. The molecule has 0 bridgehead atoms. The number of ether oxygens (including phenoxy) is 1. The summed E-state index contributed by atoms with van der Waals surface area (Å²) < 4.78 is 7.66. The molecule has 0 N–H and O–H groups in total. The molecule has 0 aliphatic carbocycles. The third-order valence-corrected chi connectivity index (χ3v) is 3.37. The van der Waals surface area contributed by atoms with Gasteiger partial charge in [0.2, 0.25) is 0 Å². The summed E-state index contributed by atoms with van der Waals surface area (Å²) in [7, 11) is 0. The van der Waals surface area contributed by atoms with Crippen molar-refractivity contribution >= 4 is 12.6 Å². The fourth-order valence-corrected chi connectivity index (χ4v) is 2.37. The van der Waals surface area contributed by atoms with E-state index in [9.17, 15) is 0 Å². The van der Waals surface area contributed by atoms with Gasteiger partial charge in [0, 0.05) is 5.69 Å². The van der Waals surface area contributed by atoms with E-state index in [1.54, 1.807) is 0 Å². The molecule has 0 atom stereocenters. The lowest BCUT2D eigenvalue weighted by atomic mass is 10.2. The minimum Gasteiger partial charge on any atom is -0.486 e. The van der Waals surface area contributed by atoms with E-state index < -0.39 is 0 Å². The Morgan fingerprint density at radius 2 is 1.86 bits per heavy atom. The van der Waals surface area contributed by atoms with Crippen LogP contribution >= 0.6 is 12.6 Å². The Balaban J connectivity index is 1.84. The summed E-state index contributed by atoms with van der Waals surface area (Å²) >= 11 is 4.36. The maximum Gasteiger partial charge on any atom is 0.192 e. The molecule has 1 aromatic heterocycles. The van der Waals surface area contributed by atoms with E-state index in [0.717, 1.165) is 17.0 Å². The van der Waals surface area contributed by atoms with Crippen molar-refractivity contribution in [2.45, 2.75) is 18.7 Å². The summed E-state index contributed by atoms with van der Waals surface area (Å²) in [5.41, 5.74) is 2.13. The molecule has 21 heavy (non-hydrogen) atoms. The van der Waals surface area contributed by atoms with Crippen molar-refractivity contribution in [3.63, 3.8) is 0 Å². The molecule has 1 heterocycles. The van der Waals surface area contributed by atoms with Gasteiger partial charge in [-0.2, -0.15) is 0 Å². The van der Waals surface area contributed by atoms with Gasteiger partial charge in [0.1, 0.15) is 12.4 Å². The van der Waals surface area contributed by atoms with Crippen LogP contribution in [0.5, 0.6) is 5.75 Å². The van der Waals surface area contributed by atoms with Crippen LogP contribution in [0.25, 0.3) is 5.69 Å². The molecular weight excluding hydrogens is 282 g/mol. The Bertz CT molecular complexity index is 740. The molecule has 0 unspecified atom stereocenters. The van der Waals surface area contributed by atoms with Gasteiger partial charge in [-0.25, -0.2) is 0 Å². The number of para-hydroxylation sites is 1. The first kappa shape index (κ1) is 13.7. The maximum atomic E-state index is 5.79. The van der Waals surface area contributed by atoms with Crippen LogP contribution < -0.4 is 4.74 Å². The molecule has 106 valence electrons. The van der Waals surface area contributed by atoms with E-state index in [4.69, 9.17) is 4.74 Å². The van der Waals surface area contributed by atoms with Crippen molar-refractivity contribution in [3.05, 3.63) is 66.0 Å². The molecule has 3 aromatic rings. The summed E-state index contributed by atoms with van der Waals surface area (Å²) in [6, 6.07) is 17.8. The standard InChI is InChI=1S/C16H15N3OS/c1-12-6-5-9-14(10-12)20-11-15-17-18-16(21)19(15)13-7-3-2-4-8-13/h2-10H,11H2,1H3,(H,18,21). The van der Waals surface area contributed by atoms with Crippen molar-refractivity contribution in [1.29, 1.82) is 0 Å². The van der Waals surface area contributed by atoms with Gasteiger partial charge in [0.15, 0.2) is 11.0 Å². The highest BCUT2D eigenvalue weighted by Crippen LogP contribution is 2.18. The predicted molar refractivity (Wildman–Crippen MR) is 84.1 cm³/mol. The topological polar surface area (TPSA) is 39.9 Å². The number of rotatable bonds is 4. The van der Waals surface area contributed by atoms with E-state index >= 15 is 0 Å². The first-order valence-corrected chi connectivity index (χ1v) is 7.07. The third-order valence-electron chi connectivity index (χ3n) is 3.08. The minimum absolute atomic E-state index is 0.339. The number of thiol groups is 1. The Morgan fingerprint density at radius 1 is 1.05 bits per heavy atom. The lowest BCUT2D eigenvalue weighted by Gasteiger charge is -2.09. The molecule has 4 nitrogen and oxygen atoms in total. The van der Waals surface area contributed by atoms with Crippen LogP contribution in [0.4, 0.5) is 0 Å². The first-order valence-electron chi connectivity index (χ1n) is 6.62. The lowest BCUT2D eigenvalue weighted by Crippen LogP contribution is -2.06. The van der Waals surface area contributed by atoms with Crippen molar-refractivity contribution in [1.82, 2.24) is 14.8 Å². The zero-order valence-electron chi connectivity index (χ0n) is 11.6. The maximum absolute atomic E-state index is 5.79. The highest BCUT2D eigenvalue weighted by Gasteiger charge is 2.11. The minimum atomic E-state index is 0.339. The molecule has 0 amide bonds. The van der Waals surface area contributed by atoms with E-state index in [-0.39, 0.29) is 0 Å². The highest BCUT2D eigenvalue weighted by atomic mass is 32.1. The normalized spacial score (nSPS) is 10.6. The van der Waals surface area contributed by atoms with Gasteiger partial charge in [-0.05, 0) is 36.8 Å². The Hall–Kier alpha value is -2.27. The molecule has 0 aliphatic rings. The molecule has 5 heteroatoms. The Labute approximate surface area is 128 Å². The van der Waals surface area contributed by atoms with Crippen LogP contribution in [0, 0.1) is 6.92 Å². The average molecular weight is 297 g/mol. The molecule has 0 saturated heterocycles. The molecule has 3 rings (SSSR count). The van der Waals surface area contributed by atoms with E-state index in [2.05, 4.69) is 22.8 Å². The van der Waals surface area contributed by atoms with Crippen LogP contribution in [0.3, 0.4) is 0 Å². The fourth-order valence-electron chi connectivity index (χ4n) is 2.10. The molecule has 0 saturated carbocycles. The van der Waals surface area contributed by atoms with Gasteiger partial charge >= 0.3 is 0 Å². The van der Waals surface area contributed by atoms with Crippen molar-refractivity contribution in [2.75, 3.05) is 0 Å². The zero-order chi connectivity index (χ0) is 14.7. The number of benzene rings is 2. The summed E-state index contributed by atoms with van der Waals surface area (Å²) in [5.74, 6) is 1.53. The van der Waals surface area contributed by atoms with E-state index in [1.165, 1.54) is 0 Å². The van der Waals surface area contributed by atoms with Gasteiger partial charge < -0.3 is 4.74 Å². The number of aryl methyl sites for hydroxylation is 1. The number of aromatic nitrogens is 3. The number of hydrogen-bond acceptors (Lipinski definition) is 4. The number of hydrogen-bond donors (Lipinski definition) is 1. The van der Waals surface area contributed by atoms with E-state index in [0.29, 0.717) is 17.6 Å². The third kappa shape index (κ3) is 3.08. The van der Waals surface area contributed by atoms with Crippen LogP contribution in [0.2, 0.25) is 0 Å². The predicted octanol–water partition coefficient (Wildman–Crippen LogP) is 3.44. The van der Waals surface area contributed by atoms with Gasteiger partial charge in [0.25, 0.3) is 0 Å². The van der Waals surface area contributed by atoms with Crippen molar-refractivity contribution in [3.8, 4) is 11.4 Å². The van der Waals surface area contributed by atoms with Crippen molar-refractivity contribution < 1.29 is 4.74 Å². The SMILES string of the molecule is Cc1cccc(OCc2nnc(S)n2-c2ccccc2)c1. The van der Waals surface area contributed by atoms with Gasteiger partial charge in [-0.15, -0.1) is 22.8 Å². The Kier molecular flexibility index (Phi) is 3.92. The lowest BCUT2D eigenvalue weighted by molar-refractivity contribution is 0.292. The average Bonchev–Trinajstić information content (AvgIpc) is 2.87. The summed E-state index contributed by atoms with van der Waals surface area (Å²) in [5, 5.41) is 8.71. The van der Waals surface area contributed by atoms with Gasteiger partial charge in [-0.3, -0.25) is 4.57 Å². The van der Waals surface area contributed by atoms with Crippen LogP contribution in [0.15, 0.2) is 59.8 Å². The van der Waals surface area contributed by atoms with Gasteiger partial charge in [0.05, 0.1) is 0 Å². The van der Waals surface area contributed by atoms with Crippen LogP contribution in [-0.2, 0) is 6.61 Å².